The Kier molecular flexibility index (Phi) is 5.76. The van der Waals surface area contributed by atoms with Crippen molar-refractivity contribution in [2.75, 3.05) is 17.8 Å². The van der Waals surface area contributed by atoms with Crippen molar-refractivity contribution in [1.82, 2.24) is 4.90 Å². The van der Waals surface area contributed by atoms with E-state index < -0.39 is 15.8 Å². The topological polar surface area (TPSA) is 92.5 Å². The molecule has 144 valence electrons. The molecule has 0 radical (unpaired) electrons. The fraction of sp³-hybridized carbons (Fsp3) is 0.316. The number of hydrogen-bond donors (Lipinski definition) is 2. The van der Waals surface area contributed by atoms with E-state index in [0.717, 1.165) is 19.3 Å². The summed E-state index contributed by atoms with van der Waals surface area (Å²) in [5, 5.41) is 0. The third-order valence-corrected chi connectivity index (χ3v) is 6.03. The Morgan fingerprint density at radius 1 is 1.19 bits per heavy atom. The fourth-order valence-electron chi connectivity index (χ4n) is 3.21. The van der Waals surface area contributed by atoms with E-state index in [0.29, 0.717) is 18.7 Å². The van der Waals surface area contributed by atoms with E-state index in [4.69, 9.17) is 5.73 Å². The molecule has 2 aromatic carbocycles. The molecule has 8 heteroatoms. The Morgan fingerprint density at radius 3 is 2.63 bits per heavy atom. The zero-order chi connectivity index (χ0) is 19.4. The summed E-state index contributed by atoms with van der Waals surface area (Å²) >= 11 is 0. The average Bonchev–Trinajstić information content (AvgIpc) is 2.69. The second-order valence-corrected chi connectivity index (χ2v) is 8.21. The van der Waals surface area contributed by atoms with E-state index in [1.165, 1.54) is 42.5 Å². The number of likely N-dealkylation sites (tertiary alicyclic amines) is 1. The van der Waals surface area contributed by atoms with Crippen LogP contribution < -0.4 is 10.5 Å². The molecule has 27 heavy (non-hydrogen) atoms. The maximum Gasteiger partial charge on any atom is 0.261 e. The van der Waals surface area contributed by atoms with E-state index in [1.54, 1.807) is 11.0 Å². The van der Waals surface area contributed by atoms with Gasteiger partial charge in [-0.05, 0) is 61.7 Å². The molecule has 1 atom stereocenters. The largest absolute Gasteiger partial charge is 0.334 e. The van der Waals surface area contributed by atoms with Gasteiger partial charge in [0.15, 0.2) is 0 Å². The molecular weight excluding hydrogens is 369 g/mol. The smallest absolute Gasteiger partial charge is 0.261 e. The summed E-state index contributed by atoms with van der Waals surface area (Å²) < 4.78 is 40.6. The van der Waals surface area contributed by atoms with Gasteiger partial charge in [-0.15, -0.1) is 0 Å². The molecule has 1 heterocycles. The van der Waals surface area contributed by atoms with Gasteiger partial charge in [0, 0.05) is 30.4 Å². The van der Waals surface area contributed by atoms with Gasteiger partial charge in [-0.2, -0.15) is 0 Å². The lowest BCUT2D eigenvalue weighted by atomic mass is 10.0. The predicted octanol–water partition coefficient (Wildman–Crippen LogP) is 2.58. The molecule has 0 bridgehead atoms. The van der Waals surface area contributed by atoms with Crippen LogP contribution in [0.2, 0.25) is 0 Å². The summed E-state index contributed by atoms with van der Waals surface area (Å²) in [5.74, 6) is -0.675. The van der Waals surface area contributed by atoms with Crippen molar-refractivity contribution < 1.29 is 17.6 Å². The van der Waals surface area contributed by atoms with Gasteiger partial charge in [-0.25, -0.2) is 12.8 Å². The van der Waals surface area contributed by atoms with Gasteiger partial charge in [-0.3, -0.25) is 9.52 Å². The van der Waals surface area contributed by atoms with Crippen molar-refractivity contribution in [3.63, 3.8) is 0 Å². The van der Waals surface area contributed by atoms with Crippen molar-refractivity contribution in [1.29, 1.82) is 0 Å². The lowest BCUT2D eigenvalue weighted by Crippen LogP contribution is -2.47. The standard InChI is InChI=1S/C19H22FN3O3S/c20-15-7-9-16(10-8-15)22-27(25,26)18-6-3-4-14(12-18)19(24)23-11-2-1-5-17(23)13-21/h3-4,6-10,12,17,22H,1-2,5,11,13,21H2. The van der Waals surface area contributed by atoms with Crippen molar-refractivity contribution in [2.45, 2.75) is 30.2 Å². The number of piperidine rings is 1. The van der Waals surface area contributed by atoms with Crippen LogP contribution in [0.15, 0.2) is 53.4 Å². The second kappa shape index (κ2) is 8.06. The van der Waals surface area contributed by atoms with E-state index in [-0.39, 0.29) is 22.5 Å². The molecular formula is C19H22FN3O3S. The number of nitrogens with one attached hydrogen (secondary N) is 1. The van der Waals surface area contributed by atoms with Crippen molar-refractivity contribution in [3.8, 4) is 0 Å². The van der Waals surface area contributed by atoms with Crippen LogP contribution in [0.25, 0.3) is 0 Å². The van der Waals surface area contributed by atoms with Gasteiger partial charge < -0.3 is 10.6 Å². The highest BCUT2D eigenvalue weighted by molar-refractivity contribution is 7.92. The molecule has 1 aliphatic heterocycles. The predicted molar refractivity (Wildman–Crippen MR) is 101 cm³/mol. The highest BCUT2D eigenvalue weighted by Gasteiger charge is 2.27. The van der Waals surface area contributed by atoms with Crippen LogP contribution in [0.1, 0.15) is 29.6 Å². The summed E-state index contributed by atoms with van der Waals surface area (Å²) in [6.07, 6.45) is 2.79. The van der Waals surface area contributed by atoms with Crippen LogP contribution in [0.4, 0.5) is 10.1 Å². The third-order valence-electron chi connectivity index (χ3n) is 4.65. The highest BCUT2D eigenvalue weighted by atomic mass is 32.2. The molecule has 0 spiro atoms. The number of hydrogen-bond acceptors (Lipinski definition) is 4. The van der Waals surface area contributed by atoms with E-state index in [2.05, 4.69) is 4.72 Å². The minimum Gasteiger partial charge on any atom is -0.334 e. The SMILES string of the molecule is NCC1CCCCN1C(=O)c1cccc(S(=O)(=O)Nc2ccc(F)cc2)c1. The second-order valence-electron chi connectivity index (χ2n) is 6.52. The van der Waals surface area contributed by atoms with Gasteiger partial charge in [0.1, 0.15) is 5.82 Å². The minimum atomic E-state index is -3.90. The number of rotatable bonds is 5. The molecule has 1 unspecified atom stereocenters. The molecule has 6 nitrogen and oxygen atoms in total. The van der Waals surface area contributed by atoms with Crippen LogP contribution in [0.3, 0.4) is 0 Å². The molecule has 3 rings (SSSR count). The number of anilines is 1. The Hall–Kier alpha value is -2.45. The molecule has 2 aromatic rings. The van der Waals surface area contributed by atoms with Crippen molar-refractivity contribution in [2.24, 2.45) is 5.73 Å². The first kappa shape index (κ1) is 19.3. The van der Waals surface area contributed by atoms with Crippen LogP contribution >= 0.6 is 0 Å². The quantitative estimate of drug-likeness (QED) is 0.819. The molecule has 1 fully saturated rings. The van der Waals surface area contributed by atoms with Gasteiger partial charge in [-0.1, -0.05) is 6.07 Å². The maximum absolute atomic E-state index is 13.0. The molecule has 0 saturated carbocycles. The monoisotopic (exact) mass is 391 g/mol. The Balaban J connectivity index is 1.83. The summed E-state index contributed by atoms with van der Waals surface area (Å²) in [6, 6.07) is 10.9. The lowest BCUT2D eigenvalue weighted by molar-refractivity contribution is 0.0623. The van der Waals surface area contributed by atoms with E-state index in [1.807, 2.05) is 0 Å². The summed E-state index contributed by atoms with van der Waals surface area (Å²) in [6.45, 7) is 1.00. The molecule has 0 aromatic heterocycles. The van der Waals surface area contributed by atoms with Gasteiger partial charge >= 0.3 is 0 Å². The number of nitrogens with zero attached hydrogens (tertiary/aromatic N) is 1. The number of carbonyl (C=O) groups is 1. The molecule has 0 aliphatic carbocycles. The van der Waals surface area contributed by atoms with Gasteiger partial charge in [0.05, 0.1) is 4.90 Å². The van der Waals surface area contributed by atoms with Crippen molar-refractivity contribution >= 4 is 21.6 Å². The highest BCUT2D eigenvalue weighted by Crippen LogP contribution is 2.22. The zero-order valence-electron chi connectivity index (χ0n) is 14.8. The number of amides is 1. The Morgan fingerprint density at radius 2 is 1.93 bits per heavy atom. The number of sulfonamides is 1. The maximum atomic E-state index is 13.0. The number of nitrogens with two attached hydrogens (primary N) is 1. The summed E-state index contributed by atoms with van der Waals surface area (Å²) in [4.78, 5) is 14.6. The van der Waals surface area contributed by atoms with Gasteiger partial charge in [0.25, 0.3) is 15.9 Å². The molecule has 3 N–H and O–H groups in total. The van der Waals surface area contributed by atoms with Crippen LogP contribution in [0, 0.1) is 5.82 Å². The van der Waals surface area contributed by atoms with Crippen LogP contribution in [-0.4, -0.2) is 38.4 Å². The molecule has 1 saturated heterocycles. The summed E-state index contributed by atoms with van der Waals surface area (Å²) in [7, 11) is -3.90. The van der Waals surface area contributed by atoms with Crippen LogP contribution in [-0.2, 0) is 10.0 Å². The number of carbonyl (C=O) groups excluding carboxylic acids is 1. The first-order chi connectivity index (χ1) is 12.9. The molecule has 1 amide bonds. The average molecular weight is 391 g/mol. The van der Waals surface area contributed by atoms with Crippen LogP contribution in [0.5, 0.6) is 0 Å². The van der Waals surface area contributed by atoms with E-state index in [9.17, 15) is 17.6 Å². The first-order valence-corrected chi connectivity index (χ1v) is 10.3. The number of benzene rings is 2. The summed E-state index contributed by atoms with van der Waals surface area (Å²) in [5.41, 5.74) is 6.32. The number of halogens is 1. The van der Waals surface area contributed by atoms with Gasteiger partial charge in [0.2, 0.25) is 0 Å². The Bertz CT molecular complexity index is 916. The zero-order valence-corrected chi connectivity index (χ0v) is 15.6. The fourth-order valence-corrected chi connectivity index (χ4v) is 4.31. The Labute approximate surface area is 158 Å². The molecule has 1 aliphatic rings. The first-order valence-electron chi connectivity index (χ1n) is 8.80. The van der Waals surface area contributed by atoms with Crippen molar-refractivity contribution in [3.05, 3.63) is 59.9 Å². The van der Waals surface area contributed by atoms with E-state index >= 15 is 0 Å². The third kappa shape index (κ3) is 4.45. The normalized spacial score (nSPS) is 17.6. The minimum absolute atomic E-state index is 0.0242. The lowest BCUT2D eigenvalue weighted by Gasteiger charge is -2.35.